The van der Waals surface area contributed by atoms with Crippen molar-refractivity contribution in [1.82, 2.24) is 5.32 Å². The number of carbonyl (C=O) groups excluding carboxylic acids is 1. The van der Waals surface area contributed by atoms with Crippen molar-refractivity contribution in [2.24, 2.45) is 0 Å². The van der Waals surface area contributed by atoms with Crippen LogP contribution in [-0.4, -0.2) is 25.2 Å². The summed E-state index contributed by atoms with van der Waals surface area (Å²) in [5, 5.41) is 3.58. The van der Waals surface area contributed by atoms with E-state index in [1.807, 2.05) is 0 Å². The van der Waals surface area contributed by atoms with Crippen LogP contribution in [0.5, 0.6) is 0 Å². The lowest BCUT2D eigenvalue weighted by Crippen LogP contribution is -2.43. The molecular weight excluding hydrogens is 202 g/mol. The van der Waals surface area contributed by atoms with Gasteiger partial charge in [0.15, 0.2) is 0 Å². The maximum absolute atomic E-state index is 11.2. The first-order chi connectivity index (χ1) is 7.76. The van der Waals surface area contributed by atoms with Crippen LogP contribution in [0.15, 0.2) is 0 Å². The average Bonchev–Trinajstić information content (AvgIpc) is 2.30. The third-order valence-electron chi connectivity index (χ3n) is 3.37. The van der Waals surface area contributed by atoms with Crippen LogP contribution in [0.3, 0.4) is 0 Å². The average molecular weight is 227 g/mol. The van der Waals surface area contributed by atoms with Crippen LogP contribution in [0.1, 0.15) is 58.3 Å². The minimum Gasteiger partial charge on any atom is -0.469 e. The van der Waals surface area contributed by atoms with E-state index in [1.54, 1.807) is 0 Å². The zero-order valence-corrected chi connectivity index (χ0v) is 10.6. The van der Waals surface area contributed by atoms with E-state index < -0.39 is 0 Å². The fourth-order valence-electron chi connectivity index (χ4n) is 2.42. The quantitative estimate of drug-likeness (QED) is 0.560. The third kappa shape index (κ3) is 4.97. The van der Waals surface area contributed by atoms with Gasteiger partial charge in [0.1, 0.15) is 0 Å². The summed E-state index contributed by atoms with van der Waals surface area (Å²) in [6.45, 7) is 2.23. The molecular formula is C13H25NO2. The molecule has 1 aliphatic heterocycles. The van der Waals surface area contributed by atoms with Crippen LogP contribution in [0.25, 0.3) is 0 Å². The Kier molecular flexibility index (Phi) is 6.46. The van der Waals surface area contributed by atoms with Crippen molar-refractivity contribution in [2.45, 2.75) is 70.4 Å². The van der Waals surface area contributed by atoms with E-state index in [4.69, 9.17) is 4.74 Å². The Balaban J connectivity index is 2.21. The van der Waals surface area contributed by atoms with E-state index in [0.717, 1.165) is 6.42 Å². The zero-order chi connectivity index (χ0) is 11.8. The third-order valence-corrected chi connectivity index (χ3v) is 3.37. The minimum atomic E-state index is -0.0910. The molecule has 0 bridgehead atoms. The van der Waals surface area contributed by atoms with Gasteiger partial charge in [-0.15, -0.1) is 0 Å². The molecule has 0 aromatic carbocycles. The van der Waals surface area contributed by atoms with Gasteiger partial charge in [0.2, 0.25) is 0 Å². The molecule has 1 saturated heterocycles. The van der Waals surface area contributed by atoms with Gasteiger partial charge in [0, 0.05) is 12.1 Å². The van der Waals surface area contributed by atoms with Gasteiger partial charge in [-0.3, -0.25) is 4.79 Å². The van der Waals surface area contributed by atoms with E-state index in [0.29, 0.717) is 18.5 Å². The molecule has 94 valence electrons. The highest BCUT2D eigenvalue weighted by molar-refractivity contribution is 5.69. The Morgan fingerprint density at radius 1 is 1.31 bits per heavy atom. The zero-order valence-electron chi connectivity index (χ0n) is 10.6. The Morgan fingerprint density at radius 2 is 2.06 bits per heavy atom. The number of unbranched alkanes of at least 4 members (excludes halogenated alkanes) is 2. The first-order valence-corrected chi connectivity index (χ1v) is 6.59. The normalized spacial score (nSPS) is 25.4. The number of piperidine rings is 1. The summed E-state index contributed by atoms with van der Waals surface area (Å²) < 4.78 is 4.71. The van der Waals surface area contributed by atoms with Gasteiger partial charge in [-0.1, -0.05) is 32.6 Å². The molecule has 0 aliphatic carbocycles. The van der Waals surface area contributed by atoms with Gasteiger partial charge in [0.25, 0.3) is 0 Å². The van der Waals surface area contributed by atoms with Gasteiger partial charge >= 0.3 is 5.97 Å². The lowest BCUT2D eigenvalue weighted by Gasteiger charge is -2.30. The summed E-state index contributed by atoms with van der Waals surface area (Å²) in [6, 6.07) is 0.961. The van der Waals surface area contributed by atoms with Gasteiger partial charge in [-0.25, -0.2) is 0 Å². The number of rotatable bonds is 6. The second-order valence-electron chi connectivity index (χ2n) is 4.77. The number of hydrogen-bond donors (Lipinski definition) is 1. The number of carbonyl (C=O) groups is 1. The fourth-order valence-corrected chi connectivity index (χ4v) is 2.42. The summed E-state index contributed by atoms with van der Waals surface area (Å²) in [5.41, 5.74) is 0. The maximum Gasteiger partial charge on any atom is 0.307 e. The summed E-state index contributed by atoms with van der Waals surface area (Å²) in [4.78, 5) is 11.2. The summed E-state index contributed by atoms with van der Waals surface area (Å²) in [5.74, 6) is -0.0910. The SMILES string of the molecule is CCCCC[C@H]1CCC[C@@H](CC(=O)OC)N1. The molecule has 0 unspecified atom stereocenters. The number of ether oxygens (including phenoxy) is 1. The van der Waals surface area contributed by atoms with Crippen LogP contribution >= 0.6 is 0 Å². The molecule has 3 heteroatoms. The van der Waals surface area contributed by atoms with Crippen molar-refractivity contribution in [3.63, 3.8) is 0 Å². The Morgan fingerprint density at radius 3 is 2.75 bits per heavy atom. The molecule has 2 atom stereocenters. The largest absolute Gasteiger partial charge is 0.469 e. The standard InChI is InChI=1S/C13H25NO2/c1-3-4-5-7-11-8-6-9-12(14-11)10-13(15)16-2/h11-12,14H,3-10H2,1-2H3/t11-,12-/m0/s1. The highest BCUT2D eigenvalue weighted by Gasteiger charge is 2.22. The molecule has 3 nitrogen and oxygen atoms in total. The first kappa shape index (κ1) is 13.5. The monoisotopic (exact) mass is 227 g/mol. The van der Waals surface area contributed by atoms with Crippen molar-refractivity contribution in [3.8, 4) is 0 Å². The number of nitrogens with one attached hydrogen (secondary N) is 1. The summed E-state index contributed by atoms with van der Waals surface area (Å²) in [7, 11) is 1.46. The lowest BCUT2D eigenvalue weighted by atomic mass is 9.93. The van der Waals surface area contributed by atoms with Crippen LogP contribution in [0.4, 0.5) is 0 Å². The second kappa shape index (κ2) is 7.66. The predicted molar refractivity (Wildman–Crippen MR) is 65.3 cm³/mol. The van der Waals surface area contributed by atoms with Gasteiger partial charge in [-0.2, -0.15) is 0 Å². The molecule has 0 spiro atoms. The Hall–Kier alpha value is -0.570. The van der Waals surface area contributed by atoms with Crippen LogP contribution in [0, 0.1) is 0 Å². The minimum absolute atomic E-state index is 0.0910. The van der Waals surface area contributed by atoms with Crippen LogP contribution < -0.4 is 5.32 Å². The highest BCUT2D eigenvalue weighted by atomic mass is 16.5. The van der Waals surface area contributed by atoms with E-state index >= 15 is 0 Å². The Bertz CT molecular complexity index is 206. The van der Waals surface area contributed by atoms with E-state index in [2.05, 4.69) is 12.2 Å². The van der Waals surface area contributed by atoms with Crippen molar-refractivity contribution < 1.29 is 9.53 Å². The molecule has 1 aliphatic rings. The molecule has 1 fully saturated rings. The topological polar surface area (TPSA) is 38.3 Å². The molecule has 0 amide bonds. The molecule has 1 N–H and O–H groups in total. The van der Waals surface area contributed by atoms with Crippen molar-refractivity contribution in [1.29, 1.82) is 0 Å². The van der Waals surface area contributed by atoms with Crippen molar-refractivity contribution in [2.75, 3.05) is 7.11 Å². The molecule has 0 aromatic rings. The molecule has 1 rings (SSSR count). The molecule has 1 heterocycles. The molecule has 0 saturated carbocycles. The van der Waals surface area contributed by atoms with E-state index in [9.17, 15) is 4.79 Å². The van der Waals surface area contributed by atoms with Crippen LogP contribution in [-0.2, 0) is 9.53 Å². The fraction of sp³-hybridized carbons (Fsp3) is 0.923. The number of hydrogen-bond acceptors (Lipinski definition) is 3. The Labute approximate surface area is 98.9 Å². The maximum atomic E-state index is 11.2. The first-order valence-electron chi connectivity index (χ1n) is 6.59. The summed E-state index contributed by atoms with van der Waals surface area (Å²) >= 11 is 0. The van der Waals surface area contributed by atoms with Crippen molar-refractivity contribution in [3.05, 3.63) is 0 Å². The van der Waals surface area contributed by atoms with Crippen molar-refractivity contribution >= 4 is 5.97 Å². The second-order valence-corrected chi connectivity index (χ2v) is 4.77. The lowest BCUT2D eigenvalue weighted by molar-refractivity contribution is -0.141. The van der Waals surface area contributed by atoms with Gasteiger partial charge < -0.3 is 10.1 Å². The van der Waals surface area contributed by atoms with Crippen LogP contribution in [0.2, 0.25) is 0 Å². The van der Waals surface area contributed by atoms with E-state index in [-0.39, 0.29) is 5.97 Å². The van der Waals surface area contributed by atoms with Gasteiger partial charge in [-0.05, 0) is 19.3 Å². The smallest absolute Gasteiger partial charge is 0.307 e. The molecule has 16 heavy (non-hydrogen) atoms. The highest BCUT2D eigenvalue weighted by Crippen LogP contribution is 2.19. The van der Waals surface area contributed by atoms with E-state index in [1.165, 1.54) is 45.6 Å². The molecule has 0 radical (unpaired) electrons. The number of methoxy groups -OCH3 is 1. The summed E-state index contributed by atoms with van der Waals surface area (Å²) in [6.07, 6.45) is 9.30. The molecule has 0 aromatic heterocycles. The predicted octanol–water partition coefficient (Wildman–Crippen LogP) is 2.64. The number of esters is 1. The van der Waals surface area contributed by atoms with Gasteiger partial charge in [0.05, 0.1) is 13.5 Å².